The summed E-state index contributed by atoms with van der Waals surface area (Å²) >= 11 is 0. The fraction of sp³-hybridized carbons (Fsp3) is 0.538. The van der Waals surface area contributed by atoms with Crippen molar-refractivity contribution in [3.63, 3.8) is 0 Å². The predicted octanol–water partition coefficient (Wildman–Crippen LogP) is 1.96. The van der Waals surface area contributed by atoms with Gasteiger partial charge in [-0.3, -0.25) is 4.79 Å². The number of carbonyl (C=O) groups excluding carboxylic acids is 1. The number of amides is 1. The van der Waals surface area contributed by atoms with Gasteiger partial charge >= 0.3 is 6.18 Å². The Morgan fingerprint density at radius 3 is 2.81 bits per heavy atom. The number of pyridine rings is 1. The summed E-state index contributed by atoms with van der Waals surface area (Å²) in [6.07, 6.45) is -2.40. The summed E-state index contributed by atoms with van der Waals surface area (Å²) in [5, 5.41) is 5.82. The first kappa shape index (κ1) is 15.6. The van der Waals surface area contributed by atoms with E-state index >= 15 is 0 Å². The van der Waals surface area contributed by atoms with Crippen molar-refractivity contribution < 1.29 is 22.7 Å². The van der Waals surface area contributed by atoms with Gasteiger partial charge in [0.2, 0.25) is 11.8 Å². The van der Waals surface area contributed by atoms with Crippen LogP contribution in [0.5, 0.6) is 5.88 Å². The number of anilines is 1. The summed E-state index contributed by atoms with van der Waals surface area (Å²) in [7, 11) is 0. The molecular weight excluding hydrogens is 287 g/mol. The summed E-state index contributed by atoms with van der Waals surface area (Å²) in [5.74, 6) is -0.280. The van der Waals surface area contributed by atoms with Crippen LogP contribution in [0.15, 0.2) is 18.3 Å². The Hall–Kier alpha value is -1.83. The van der Waals surface area contributed by atoms with Gasteiger partial charge in [-0.2, -0.15) is 13.2 Å². The number of hydrogen-bond donors (Lipinski definition) is 2. The van der Waals surface area contributed by atoms with Crippen molar-refractivity contribution >= 4 is 11.6 Å². The van der Waals surface area contributed by atoms with E-state index in [0.29, 0.717) is 12.2 Å². The summed E-state index contributed by atoms with van der Waals surface area (Å²) in [6, 6.07) is 2.75. The van der Waals surface area contributed by atoms with Crippen molar-refractivity contribution in [1.29, 1.82) is 0 Å². The van der Waals surface area contributed by atoms with Crippen LogP contribution in [-0.4, -0.2) is 36.8 Å². The average molecular weight is 303 g/mol. The molecule has 21 heavy (non-hydrogen) atoms. The molecule has 1 aromatic rings. The highest BCUT2D eigenvalue weighted by atomic mass is 19.4. The van der Waals surface area contributed by atoms with E-state index in [0.717, 1.165) is 13.0 Å². The zero-order chi connectivity index (χ0) is 15.5. The van der Waals surface area contributed by atoms with Crippen molar-refractivity contribution in [3.05, 3.63) is 18.3 Å². The van der Waals surface area contributed by atoms with Crippen molar-refractivity contribution in [2.45, 2.75) is 19.5 Å². The molecule has 1 unspecified atom stereocenters. The van der Waals surface area contributed by atoms with E-state index < -0.39 is 18.2 Å². The second-order valence-electron chi connectivity index (χ2n) is 5.23. The quantitative estimate of drug-likeness (QED) is 0.892. The van der Waals surface area contributed by atoms with Gasteiger partial charge in [0.1, 0.15) is 0 Å². The van der Waals surface area contributed by atoms with Gasteiger partial charge in [-0.25, -0.2) is 4.98 Å². The normalized spacial score (nSPS) is 22.1. The van der Waals surface area contributed by atoms with Gasteiger partial charge in [-0.05, 0) is 26.0 Å². The number of rotatable bonds is 4. The minimum atomic E-state index is -4.40. The van der Waals surface area contributed by atoms with Crippen LogP contribution in [0, 0.1) is 5.41 Å². The number of nitrogens with one attached hydrogen (secondary N) is 2. The molecule has 2 N–H and O–H groups in total. The average Bonchev–Trinajstić information content (AvgIpc) is 2.85. The van der Waals surface area contributed by atoms with E-state index in [-0.39, 0.29) is 11.8 Å². The predicted molar refractivity (Wildman–Crippen MR) is 70.0 cm³/mol. The second kappa shape index (κ2) is 5.88. The molecule has 0 aliphatic carbocycles. The monoisotopic (exact) mass is 303 g/mol. The van der Waals surface area contributed by atoms with E-state index in [1.54, 1.807) is 0 Å². The first-order chi connectivity index (χ1) is 9.78. The van der Waals surface area contributed by atoms with Crippen molar-refractivity contribution in [3.8, 4) is 5.88 Å². The van der Waals surface area contributed by atoms with Gasteiger partial charge in [0.25, 0.3) is 0 Å². The maximum Gasteiger partial charge on any atom is 0.422 e. The standard InChI is InChI=1S/C13H16F3N3O2/c1-12(4-5-17-7-12)11(20)19-9-2-3-10(18-6-9)21-8-13(14,15)16/h2-3,6,17H,4-5,7-8H2,1H3,(H,19,20). The Morgan fingerprint density at radius 2 is 2.29 bits per heavy atom. The lowest BCUT2D eigenvalue weighted by atomic mass is 9.89. The number of alkyl halides is 3. The third kappa shape index (κ3) is 4.32. The van der Waals surface area contributed by atoms with Gasteiger partial charge in [-0.1, -0.05) is 0 Å². The third-order valence-electron chi connectivity index (χ3n) is 3.29. The maximum absolute atomic E-state index is 12.1. The van der Waals surface area contributed by atoms with Crippen LogP contribution in [0.3, 0.4) is 0 Å². The number of carbonyl (C=O) groups is 1. The Labute approximate surface area is 119 Å². The molecule has 1 amide bonds. The number of nitrogens with zero attached hydrogens (tertiary/aromatic N) is 1. The molecule has 0 spiro atoms. The molecule has 0 aromatic carbocycles. The lowest BCUT2D eigenvalue weighted by Gasteiger charge is -2.21. The Bertz CT molecular complexity index is 496. The van der Waals surface area contributed by atoms with Gasteiger partial charge in [0, 0.05) is 12.6 Å². The highest BCUT2D eigenvalue weighted by Gasteiger charge is 2.36. The van der Waals surface area contributed by atoms with Crippen LogP contribution in [0.4, 0.5) is 18.9 Å². The van der Waals surface area contributed by atoms with E-state index in [9.17, 15) is 18.0 Å². The molecule has 1 fully saturated rings. The van der Waals surface area contributed by atoms with Gasteiger partial charge < -0.3 is 15.4 Å². The summed E-state index contributed by atoms with van der Waals surface area (Å²) < 4.78 is 40.5. The van der Waals surface area contributed by atoms with Gasteiger partial charge in [-0.15, -0.1) is 0 Å². The molecule has 2 heterocycles. The van der Waals surface area contributed by atoms with Gasteiger partial charge in [0.05, 0.1) is 17.3 Å². The molecule has 0 saturated carbocycles. The first-order valence-corrected chi connectivity index (χ1v) is 6.46. The largest absolute Gasteiger partial charge is 0.468 e. The van der Waals surface area contributed by atoms with Crippen molar-refractivity contribution in [2.24, 2.45) is 5.41 Å². The topological polar surface area (TPSA) is 63.2 Å². The molecule has 5 nitrogen and oxygen atoms in total. The van der Waals surface area contributed by atoms with E-state index in [1.807, 2.05) is 6.92 Å². The molecule has 0 bridgehead atoms. The molecule has 8 heteroatoms. The Balaban J connectivity index is 1.92. The number of aromatic nitrogens is 1. The fourth-order valence-corrected chi connectivity index (χ4v) is 1.99. The lowest BCUT2D eigenvalue weighted by molar-refractivity contribution is -0.154. The maximum atomic E-state index is 12.1. The first-order valence-electron chi connectivity index (χ1n) is 6.46. The summed E-state index contributed by atoms with van der Waals surface area (Å²) in [4.78, 5) is 15.9. The highest BCUT2D eigenvalue weighted by Crippen LogP contribution is 2.26. The second-order valence-corrected chi connectivity index (χ2v) is 5.23. The number of ether oxygens (including phenoxy) is 1. The molecule has 0 radical (unpaired) electrons. The van der Waals surface area contributed by atoms with E-state index in [1.165, 1.54) is 18.3 Å². The minimum Gasteiger partial charge on any atom is -0.468 e. The molecule has 1 aliphatic rings. The summed E-state index contributed by atoms with van der Waals surface area (Å²) in [6.45, 7) is 1.84. The Morgan fingerprint density at radius 1 is 1.52 bits per heavy atom. The molecule has 1 atom stereocenters. The highest BCUT2D eigenvalue weighted by molar-refractivity contribution is 5.95. The van der Waals surface area contributed by atoms with Crippen LogP contribution in [0.2, 0.25) is 0 Å². The van der Waals surface area contributed by atoms with E-state index in [2.05, 4.69) is 20.4 Å². The lowest BCUT2D eigenvalue weighted by Crippen LogP contribution is -2.35. The molecule has 116 valence electrons. The van der Waals surface area contributed by atoms with Gasteiger partial charge in [0.15, 0.2) is 6.61 Å². The third-order valence-corrected chi connectivity index (χ3v) is 3.29. The zero-order valence-electron chi connectivity index (χ0n) is 11.5. The zero-order valence-corrected chi connectivity index (χ0v) is 11.5. The van der Waals surface area contributed by atoms with Crippen LogP contribution in [-0.2, 0) is 4.79 Å². The summed E-state index contributed by atoms with van der Waals surface area (Å²) in [5.41, 5.74) is -0.0571. The SMILES string of the molecule is CC1(C(=O)Nc2ccc(OCC(F)(F)F)nc2)CCNC1. The number of hydrogen-bond acceptors (Lipinski definition) is 4. The smallest absolute Gasteiger partial charge is 0.422 e. The molecule has 1 aliphatic heterocycles. The number of halogens is 3. The fourth-order valence-electron chi connectivity index (χ4n) is 1.99. The van der Waals surface area contributed by atoms with Crippen LogP contribution < -0.4 is 15.4 Å². The molecule has 1 saturated heterocycles. The van der Waals surface area contributed by atoms with Crippen molar-refractivity contribution in [1.82, 2.24) is 10.3 Å². The van der Waals surface area contributed by atoms with Crippen LogP contribution in [0.1, 0.15) is 13.3 Å². The van der Waals surface area contributed by atoms with Crippen molar-refractivity contribution in [2.75, 3.05) is 25.0 Å². The van der Waals surface area contributed by atoms with Crippen LogP contribution >= 0.6 is 0 Å². The molecule has 2 rings (SSSR count). The van der Waals surface area contributed by atoms with E-state index in [4.69, 9.17) is 0 Å². The molecule has 1 aromatic heterocycles. The van der Waals surface area contributed by atoms with Crippen LogP contribution in [0.25, 0.3) is 0 Å². The Kier molecular flexibility index (Phi) is 4.36. The molecular formula is C13H16F3N3O2. The minimum absolute atomic E-state index is 0.140.